The maximum atomic E-state index is 12.6. The van der Waals surface area contributed by atoms with Gasteiger partial charge in [0.2, 0.25) is 0 Å². The monoisotopic (exact) mass is 359 g/mol. The molecule has 1 aliphatic rings. The lowest BCUT2D eigenvalue weighted by molar-refractivity contribution is 0.0950. The molecule has 2 aromatic carbocycles. The number of nitrogens with zero attached hydrogens (tertiary/aromatic N) is 1. The highest BCUT2D eigenvalue weighted by atomic mass is 16.2. The van der Waals surface area contributed by atoms with E-state index in [0.29, 0.717) is 29.5 Å². The van der Waals surface area contributed by atoms with Gasteiger partial charge in [0.25, 0.3) is 11.8 Å². The van der Waals surface area contributed by atoms with E-state index in [0.717, 1.165) is 18.4 Å². The molecule has 0 radical (unpaired) electrons. The molecule has 0 unspecified atom stereocenters. The average molecular weight is 359 g/mol. The van der Waals surface area contributed by atoms with Crippen molar-refractivity contribution in [1.29, 1.82) is 0 Å². The third-order valence-electron chi connectivity index (χ3n) is 4.58. The number of nitrogens with one attached hydrogen (secondary N) is 2. The van der Waals surface area contributed by atoms with E-state index in [9.17, 15) is 9.59 Å². The summed E-state index contributed by atoms with van der Waals surface area (Å²) in [6, 6.07) is 21.0. The zero-order valence-electron chi connectivity index (χ0n) is 14.9. The van der Waals surface area contributed by atoms with Crippen molar-refractivity contribution in [1.82, 2.24) is 9.88 Å². The smallest absolute Gasteiger partial charge is 0.272 e. The number of carbonyl (C=O) groups excluding carboxylic acids is 2. The van der Waals surface area contributed by atoms with Gasteiger partial charge >= 0.3 is 0 Å². The minimum absolute atomic E-state index is 0.0629. The normalized spacial score (nSPS) is 13.2. The van der Waals surface area contributed by atoms with E-state index in [1.807, 2.05) is 47.2 Å². The van der Waals surface area contributed by atoms with E-state index in [1.54, 1.807) is 30.3 Å². The van der Waals surface area contributed by atoms with E-state index in [1.165, 1.54) is 0 Å². The van der Waals surface area contributed by atoms with Crippen LogP contribution in [0.5, 0.6) is 0 Å². The van der Waals surface area contributed by atoms with Crippen molar-refractivity contribution in [2.24, 2.45) is 0 Å². The number of benzene rings is 2. The summed E-state index contributed by atoms with van der Waals surface area (Å²) < 4.78 is 1.92. The van der Waals surface area contributed by atoms with Crippen LogP contribution in [0.4, 0.5) is 5.69 Å². The molecule has 0 spiro atoms. The number of carbonyl (C=O) groups is 2. The highest BCUT2D eigenvalue weighted by Crippen LogP contribution is 2.20. The molecule has 1 aromatic heterocycles. The van der Waals surface area contributed by atoms with Gasteiger partial charge in [0.15, 0.2) is 0 Å². The predicted molar refractivity (Wildman–Crippen MR) is 105 cm³/mol. The molecule has 4 rings (SSSR count). The van der Waals surface area contributed by atoms with Gasteiger partial charge < -0.3 is 15.2 Å². The molecule has 136 valence electrons. The summed E-state index contributed by atoms with van der Waals surface area (Å²) in [5.74, 6) is -0.238. The second-order valence-corrected chi connectivity index (χ2v) is 6.79. The van der Waals surface area contributed by atoms with E-state index in [-0.39, 0.29) is 11.8 Å². The molecule has 1 fully saturated rings. The molecule has 0 saturated heterocycles. The zero-order chi connectivity index (χ0) is 18.6. The summed E-state index contributed by atoms with van der Waals surface area (Å²) >= 11 is 0. The summed E-state index contributed by atoms with van der Waals surface area (Å²) in [5, 5.41) is 5.85. The van der Waals surface area contributed by atoms with Crippen LogP contribution >= 0.6 is 0 Å². The van der Waals surface area contributed by atoms with Gasteiger partial charge in [0.05, 0.1) is 0 Å². The van der Waals surface area contributed by atoms with Gasteiger partial charge in [-0.2, -0.15) is 0 Å². The molecule has 2 N–H and O–H groups in total. The highest BCUT2D eigenvalue weighted by molar-refractivity contribution is 6.03. The Labute approximate surface area is 158 Å². The second kappa shape index (κ2) is 7.50. The molecular formula is C22H21N3O2. The quantitative estimate of drug-likeness (QED) is 0.705. The molecule has 27 heavy (non-hydrogen) atoms. The van der Waals surface area contributed by atoms with Crippen LogP contribution in [0, 0.1) is 0 Å². The van der Waals surface area contributed by atoms with Crippen molar-refractivity contribution in [2.75, 3.05) is 5.32 Å². The molecule has 0 atom stereocenters. The molecule has 5 heteroatoms. The Morgan fingerprint density at radius 3 is 2.33 bits per heavy atom. The topological polar surface area (TPSA) is 63.1 Å². The van der Waals surface area contributed by atoms with Crippen molar-refractivity contribution < 1.29 is 9.59 Å². The van der Waals surface area contributed by atoms with E-state index < -0.39 is 0 Å². The Morgan fingerprint density at radius 1 is 0.889 bits per heavy atom. The second-order valence-electron chi connectivity index (χ2n) is 6.79. The first kappa shape index (κ1) is 17.1. The summed E-state index contributed by atoms with van der Waals surface area (Å²) in [6.45, 7) is 0.636. The first-order chi connectivity index (χ1) is 13.2. The molecule has 2 amide bonds. The van der Waals surface area contributed by atoms with Crippen LogP contribution in [0.3, 0.4) is 0 Å². The molecule has 0 aliphatic heterocycles. The summed E-state index contributed by atoms with van der Waals surface area (Å²) in [7, 11) is 0. The van der Waals surface area contributed by atoms with Crippen LogP contribution in [0.15, 0.2) is 72.9 Å². The zero-order valence-corrected chi connectivity index (χ0v) is 14.9. The number of hydrogen-bond acceptors (Lipinski definition) is 2. The minimum Gasteiger partial charge on any atom is -0.349 e. The van der Waals surface area contributed by atoms with E-state index in [2.05, 4.69) is 10.6 Å². The molecule has 3 aromatic rings. The highest BCUT2D eigenvalue weighted by Gasteiger charge is 2.23. The number of amides is 2. The van der Waals surface area contributed by atoms with Gasteiger partial charge in [-0.1, -0.05) is 30.3 Å². The molecule has 1 saturated carbocycles. The molecule has 0 bridgehead atoms. The Hall–Kier alpha value is -3.34. The van der Waals surface area contributed by atoms with Crippen molar-refractivity contribution >= 4 is 17.5 Å². The number of aromatic nitrogens is 1. The van der Waals surface area contributed by atoms with Crippen LogP contribution in [0.25, 0.3) is 0 Å². The van der Waals surface area contributed by atoms with Crippen LogP contribution in [0.2, 0.25) is 0 Å². The largest absolute Gasteiger partial charge is 0.349 e. The SMILES string of the molecule is O=C(NC1CC1)c1ccc(NC(=O)c2cccn2Cc2ccccc2)cc1. The van der Waals surface area contributed by atoms with Gasteiger partial charge in [-0.05, 0) is 54.8 Å². The van der Waals surface area contributed by atoms with Crippen LogP contribution in [0.1, 0.15) is 39.3 Å². The van der Waals surface area contributed by atoms with Crippen molar-refractivity contribution in [3.05, 3.63) is 89.7 Å². The number of hydrogen-bond donors (Lipinski definition) is 2. The van der Waals surface area contributed by atoms with Gasteiger partial charge in [-0.25, -0.2) is 0 Å². The lowest BCUT2D eigenvalue weighted by Crippen LogP contribution is -2.25. The maximum absolute atomic E-state index is 12.6. The number of anilines is 1. The molecule has 1 aliphatic carbocycles. The Balaban J connectivity index is 1.42. The average Bonchev–Trinajstić information content (AvgIpc) is 3.38. The van der Waals surface area contributed by atoms with Crippen LogP contribution in [-0.2, 0) is 6.54 Å². The maximum Gasteiger partial charge on any atom is 0.272 e. The lowest BCUT2D eigenvalue weighted by Gasteiger charge is -2.10. The summed E-state index contributed by atoms with van der Waals surface area (Å²) in [6.07, 6.45) is 4.01. The van der Waals surface area contributed by atoms with Gasteiger partial charge in [-0.15, -0.1) is 0 Å². The third-order valence-corrected chi connectivity index (χ3v) is 4.58. The van der Waals surface area contributed by atoms with Gasteiger partial charge in [0, 0.05) is 30.0 Å². The molecular weight excluding hydrogens is 338 g/mol. The molecule has 5 nitrogen and oxygen atoms in total. The fourth-order valence-electron chi connectivity index (χ4n) is 2.93. The van der Waals surface area contributed by atoms with Crippen LogP contribution < -0.4 is 10.6 Å². The fourth-order valence-corrected chi connectivity index (χ4v) is 2.93. The van der Waals surface area contributed by atoms with E-state index in [4.69, 9.17) is 0 Å². The molecule has 1 heterocycles. The van der Waals surface area contributed by atoms with E-state index >= 15 is 0 Å². The fraction of sp³-hybridized carbons (Fsp3) is 0.182. The summed E-state index contributed by atoms with van der Waals surface area (Å²) in [5.41, 5.74) is 2.99. The van der Waals surface area contributed by atoms with Gasteiger partial charge in [0.1, 0.15) is 5.69 Å². The number of rotatable bonds is 6. The van der Waals surface area contributed by atoms with Crippen LogP contribution in [-0.4, -0.2) is 22.4 Å². The van der Waals surface area contributed by atoms with Crippen molar-refractivity contribution in [3.63, 3.8) is 0 Å². The first-order valence-electron chi connectivity index (χ1n) is 9.10. The van der Waals surface area contributed by atoms with Crippen molar-refractivity contribution in [3.8, 4) is 0 Å². The minimum atomic E-state index is -0.175. The predicted octanol–water partition coefficient (Wildman–Crippen LogP) is 3.68. The first-order valence-corrected chi connectivity index (χ1v) is 9.10. The lowest BCUT2D eigenvalue weighted by atomic mass is 10.2. The van der Waals surface area contributed by atoms with Crippen molar-refractivity contribution in [2.45, 2.75) is 25.4 Å². The Kier molecular flexibility index (Phi) is 4.75. The standard InChI is InChI=1S/C22H21N3O2/c26-21(23-19-12-13-19)17-8-10-18(11-9-17)24-22(27)20-7-4-14-25(20)15-16-5-2-1-3-6-16/h1-11,14,19H,12-13,15H2,(H,23,26)(H,24,27). The third kappa shape index (κ3) is 4.26. The Bertz CT molecular complexity index is 941. The van der Waals surface area contributed by atoms with Gasteiger partial charge in [-0.3, -0.25) is 9.59 Å². The Morgan fingerprint density at radius 2 is 1.63 bits per heavy atom. The summed E-state index contributed by atoms with van der Waals surface area (Å²) in [4.78, 5) is 24.7.